The summed E-state index contributed by atoms with van der Waals surface area (Å²) in [6, 6.07) is 16.0. The maximum absolute atomic E-state index is 12.9. The summed E-state index contributed by atoms with van der Waals surface area (Å²) in [4.78, 5) is 14.5. The van der Waals surface area contributed by atoms with Gasteiger partial charge in [-0.25, -0.2) is 8.42 Å². The lowest BCUT2D eigenvalue weighted by atomic mass is 10.1. The Balaban J connectivity index is 2.24. The molecule has 0 heterocycles. The number of rotatable bonds is 9. The molecule has 2 rings (SSSR count). The van der Waals surface area contributed by atoms with Crippen molar-refractivity contribution in [2.75, 3.05) is 20.1 Å². The molecule has 0 unspecified atom stereocenters. The van der Waals surface area contributed by atoms with E-state index in [9.17, 15) is 13.2 Å². The van der Waals surface area contributed by atoms with Gasteiger partial charge in [0.05, 0.1) is 4.90 Å². The fourth-order valence-corrected chi connectivity index (χ4v) is 4.61. The number of nitrogens with zero attached hydrogens (tertiary/aromatic N) is 2. The van der Waals surface area contributed by atoms with Crippen molar-refractivity contribution in [3.05, 3.63) is 65.7 Å². The van der Waals surface area contributed by atoms with Crippen LogP contribution < -0.4 is 0 Å². The first kappa shape index (κ1) is 21.1. The summed E-state index contributed by atoms with van der Waals surface area (Å²) in [5.41, 5.74) is 1.40. The number of sulfonamides is 1. The minimum atomic E-state index is -3.60. The lowest BCUT2D eigenvalue weighted by molar-refractivity contribution is 0.0785. The van der Waals surface area contributed by atoms with Gasteiger partial charge in [-0.1, -0.05) is 50.2 Å². The van der Waals surface area contributed by atoms with E-state index >= 15 is 0 Å². The van der Waals surface area contributed by atoms with Crippen LogP contribution in [0.2, 0.25) is 0 Å². The first-order chi connectivity index (χ1) is 12.9. The van der Waals surface area contributed by atoms with E-state index in [1.54, 1.807) is 30.1 Å². The summed E-state index contributed by atoms with van der Waals surface area (Å²) in [6.45, 7) is 5.33. The van der Waals surface area contributed by atoms with Crippen LogP contribution in [0.3, 0.4) is 0 Å². The van der Waals surface area contributed by atoms with Crippen LogP contribution in [-0.2, 0) is 16.6 Å². The van der Waals surface area contributed by atoms with Crippen LogP contribution in [0.1, 0.15) is 42.6 Å². The number of hydrogen-bond acceptors (Lipinski definition) is 3. The molecule has 2 aromatic carbocycles. The van der Waals surface area contributed by atoms with Crippen LogP contribution in [-0.4, -0.2) is 43.7 Å². The molecule has 5 nitrogen and oxygen atoms in total. The van der Waals surface area contributed by atoms with Crippen molar-refractivity contribution in [3.8, 4) is 0 Å². The van der Waals surface area contributed by atoms with E-state index in [1.165, 1.54) is 10.4 Å². The average molecular weight is 389 g/mol. The number of amides is 1. The van der Waals surface area contributed by atoms with E-state index in [1.807, 2.05) is 44.2 Å². The fourth-order valence-electron chi connectivity index (χ4n) is 2.94. The molecule has 0 fully saturated rings. The Labute approximate surface area is 162 Å². The Kier molecular flexibility index (Phi) is 7.56. The summed E-state index contributed by atoms with van der Waals surface area (Å²) in [5, 5.41) is 0. The molecule has 0 aliphatic rings. The Bertz CT molecular complexity index is 845. The van der Waals surface area contributed by atoms with Gasteiger partial charge in [-0.3, -0.25) is 4.79 Å². The molecule has 146 valence electrons. The second kappa shape index (κ2) is 9.67. The van der Waals surface area contributed by atoms with Crippen molar-refractivity contribution >= 4 is 15.9 Å². The standard InChI is InChI=1S/C21H28N2O3S/c1-4-14-23(15-5-2)27(25,26)20-13-9-12-19(16-20)21(24)22(3)17-18-10-7-6-8-11-18/h6-13,16H,4-5,14-15,17H2,1-3H3. The SMILES string of the molecule is CCCN(CCC)S(=O)(=O)c1cccc(C(=O)N(C)Cc2ccccc2)c1. The van der Waals surface area contributed by atoms with Gasteiger partial charge in [-0.2, -0.15) is 4.31 Å². The van der Waals surface area contributed by atoms with Crippen molar-refractivity contribution < 1.29 is 13.2 Å². The van der Waals surface area contributed by atoms with Crippen LogP contribution in [0.5, 0.6) is 0 Å². The van der Waals surface area contributed by atoms with E-state index in [0.717, 1.165) is 18.4 Å². The molecule has 2 aromatic rings. The molecular formula is C21H28N2O3S. The highest BCUT2D eigenvalue weighted by molar-refractivity contribution is 7.89. The number of carbonyl (C=O) groups excluding carboxylic acids is 1. The highest BCUT2D eigenvalue weighted by atomic mass is 32.2. The molecule has 0 atom stereocenters. The van der Waals surface area contributed by atoms with Gasteiger partial charge in [0.25, 0.3) is 5.91 Å². The van der Waals surface area contributed by atoms with Crippen LogP contribution in [0.25, 0.3) is 0 Å². The third-order valence-electron chi connectivity index (χ3n) is 4.27. The van der Waals surface area contributed by atoms with Gasteiger partial charge >= 0.3 is 0 Å². The van der Waals surface area contributed by atoms with Crippen LogP contribution in [0.15, 0.2) is 59.5 Å². The summed E-state index contributed by atoms with van der Waals surface area (Å²) < 4.78 is 27.4. The topological polar surface area (TPSA) is 57.7 Å². The molecule has 0 saturated carbocycles. The molecule has 0 bridgehead atoms. The van der Waals surface area contributed by atoms with Gasteiger partial charge < -0.3 is 4.90 Å². The minimum absolute atomic E-state index is 0.170. The molecule has 0 spiro atoms. The summed E-state index contributed by atoms with van der Waals surface area (Å²) in [5.74, 6) is -0.201. The Hall–Kier alpha value is -2.18. The second-order valence-electron chi connectivity index (χ2n) is 6.58. The highest BCUT2D eigenvalue weighted by Crippen LogP contribution is 2.19. The van der Waals surface area contributed by atoms with Crippen LogP contribution in [0, 0.1) is 0 Å². The number of benzene rings is 2. The lowest BCUT2D eigenvalue weighted by Gasteiger charge is -2.22. The maximum Gasteiger partial charge on any atom is 0.253 e. The molecule has 1 amide bonds. The third-order valence-corrected chi connectivity index (χ3v) is 6.17. The molecule has 0 radical (unpaired) electrons. The van der Waals surface area contributed by atoms with E-state index in [2.05, 4.69) is 0 Å². The zero-order chi connectivity index (χ0) is 19.9. The van der Waals surface area contributed by atoms with Crippen LogP contribution in [0.4, 0.5) is 0 Å². The van der Waals surface area contributed by atoms with Gasteiger partial charge in [-0.15, -0.1) is 0 Å². The van der Waals surface area contributed by atoms with Crippen molar-refractivity contribution in [1.82, 2.24) is 9.21 Å². The van der Waals surface area contributed by atoms with Crippen molar-refractivity contribution in [1.29, 1.82) is 0 Å². The predicted molar refractivity (Wildman–Crippen MR) is 108 cm³/mol. The zero-order valence-electron chi connectivity index (χ0n) is 16.3. The minimum Gasteiger partial charge on any atom is -0.337 e. The van der Waals surface area contributed by atoms with Crippen molar-refractivity contribution in [2.45, 2.75) is 38.1 Å². The fraction of sp³-hybridized carbons (Fsp3) is 0.381. The van der Waals surface area contributed by atoms with Crippen molar-refractivity contribution in [3.63, 3.8) is 0 Å². The first-order valence-electron chi connectivity index (χ1n) is 9.29. The lowest BCUT2D eigenvalue weighted by Crippen LogP contribution is -2.33. The molecule has 6 heteroatoms. The van der Waals surface area contributed by atoms with Gasteiger partial charge in [0.1, 0.15) is 0 Å². The second-order valence-corrected chi connectivity index (χ2v) is 8.52. The van der Waals surface area contributed by atoms with Crippen molar-refractivity contribution in [2.24, 2.45) is 0 Å². The van der Waals surface area contributed by atoms with Gasteiger partial charge in [0, 0.05) is 32.2 Å². The van der Waals surface area contributed by atoms with E-state index in [4.69, 9.17) is 0 Å². The molecule has 0 aromatic heterocycles. The van der Waals surface area contributed by atoms with Gasteiger partial charge in [0.15, 0.2) is 0 Å². The number of carbonyl (C=O) groups is 1. The number of hydrogen-bond donors (Lipinski definition) is 0. The molecular weight excluding hydrogens is 360 g/mol. The predicted octanol–water partition coefficient (Wildman–Crippen LogP) is 3.77. The molecule has 0 aliphatic carbocycles. The Morgan fingerprint density at radius 3 is 2.15 bits per heavy atom. The van der Waals surface area contributed by atoms with Gasteiger partial charge in [-0.05, 0) is 36.6 Å². The Morgan fingerprint density at radius 1 is 0.926 bits per heavy atom. The Morgan fingerprint density at radius 2 is 1.56 bits per heavy atom. The zero-order valence-corrected chi connectivity index (χ0v) is 17.1. The molecule has 0 aliphatic heterocycles. The quantitative estimate of drug-likeness (QED) is 0.657. The summed E-state index contributed by atoms with van der Waals surface area (Å²) >= 11 is 0. The summed E-state index contributed by atoms with van der Waals surface area (Å²) in [7, 11) is -1.88. The van der Waals surface area contributed by atoms with E-state index < -0.39 is 10.0 Å². The molecule has 0 saturated heterocycles. The van der Waals surface area contributed by atoms with Gasteiger partial charge in [0.2, 0.25) is 10.0 Å². The smallest absolute Gasteiger partial charge is 0.253 e. The normalized spacial score (nSPS) is 11.6. The van der Waals surface area contributed by atoms with E-state index in [0.29, 0.717) is 25.2 Å². The largest absolute Gasteiger partial charge is 0.337 e. The first-order valence-corrected chi connectivity index (χ1v) is 10.7. The molecule has 27 heavy (non-hydrogen) atoms. The highest BCUT2D eigenvalue weighted by Gasteiger charge is 2.24. The maximum atomic E-state index is 12.9. The van der Waals surface area contributed by atoms with E-state index in [-0.39, 0.29) is 10.8 Å². The third kappa shape index (κ3) is 5.40. The monoisotopic (exact) mass is 388 g/mol. The van der Waals surface area contributed by atoms with Crippen LogP contribution >= 0.6 is 0 Å². The molecule has 0 N–H and O–H groups in total. The average Bonchev–Trinajstić information content (AvgIpc) is 2.68. The summed E-state index contributed by atoms with van der Waals surface area (Å²) in [6.07, 6.45) is 1.50.